The Bertz CT molecular complexity index is 676. The molecule has 5 N–H and O–H groups in total. The van der Waals surface area contributed by atoms with Crippen LogP contribution in [0.4, 0.5) is 0 Å². The predicted molar refractivity (Wildman–Crippen MR) is 103 cm³/mol. The van der Waals surface area contributed by atoms with Crippen LogP contribution in [0.1, 0.15) is 46.0 Å². The van der Waals surface area contributed by atoms with E-state index in [4.69, 9.17) is 5.73 Å². The van der Waals surface area contributed by atoms with Gasteiger partial charge in [0.1, 0.15) is 5.70 Å². The smallest absolute Gasteiger partial charge is 0.353 e. The lowest BCUT2D eigenvalue weighted by molar-refractivity contribution is -0.163. The highest BCUT2D eigenvalue weighted by molar-refractivity contribution is 8.03. The zero-order valence-electron chi connectivity index (χ0n) is 15.8. The Kier molecular flexibility index (Phi) is 5.03. The van der Waals surface area contributed by atoms with Crippen LogP contribution in [0.2, 0.25) is 0 Å². The molecule has 2 aliphatic carbocycles. The quantitative estimate of drug-likeness (QED) is 0.493. The molecule has 0 spiro atoms. The molecule has 0 aromatic carbocycles. The summed E-state index contributed by atoms with van der Waals surface area (Å²) in [6.07, 6.45) is 4.54. The molecular weight excluding hydrogens is 366 g/mol. The maximum Gasteiger partial charge on any atom is 0.353 e. The number of thioether (sulfide) groups is 1. The van der Waals surface area contributed by atoms with Gasteiger partial charge in [-0.3, -0.25) is 4.79 Å². The third-order valence-corrected chi connectivity index (χ3v) is 8.18. The van der Waals surface area contributed by atoms with E-state index >= 15 is 0 Å². The van der Waals surface area contributed by atoms with Gasteiger partial charge in [-0.05, 0) is 39.0 Å². The first kappa shape index (κ1) is 19.2. The lowest BCUT2D eigenvalue weighted by Crippen LogP contribution is -2.63. The molecule has 8 heteroatoms. The van der Waals surface area contributed by atoms with Gasteiger partial charge >= 0.3 is 5.97 Å². The number of aliphatic hydroxyl groups is 1. The lowest BCUT2D eigenvalue weighted by Gasteiger charge is -2.46. The Hall–Kier alpha value is -1.09. The minimum Gasteiger partial charge on any atom is -0.477 e. The second-order valence-corrected chi connectivity index (χ2v) is 9.96. The van der Waals surface area contributed by atoms with Crippen molar-refractivity contribution in [3.05, 3.63) is 10.6 Å². The standard InChI is InChI=1S/C19H29N3O4S/c1-8-15-14(9(2)23)18(24)22(15)16(19(25)26)17(8)27-13-6-12(7-13)21-11-4-3-10(20)5-11/h8-15,21,23H,3-7,20H2,1-2H3,(H,25,26)/t8-,9-,10+,11+,12-,13-,14-,15-/m1/s1. The average Bonchev–Trinajstić information content (AvgIpc) is 3.05. The number of carbonyl (C=O) groups is 2. The number of hydrogen-bond acceptors (Lipinski definition) is 6. The average molecular weight is 396 g/mol. The van der Waals surface area contributed by atoms with Crippen LogP contribution in [-0.2, 0) is 9.59 Å². The SMILES string of the molecule is C[C@@H](O)[C@H]1C(=O)N2C(C(=O)O)=C(S[C@H]3C[C@H](N[C@H]4CC[C@H](N)C4)C3)[C@H](C)[C@H]12. The van der Waals surface area contributed by atoms with E-state index in [0.717, 1.165) is 37.0 Å². The summed E-state index contributed by atoms with van der Waals surface area (Å²) < 4.78 is 0. The number of aliphatic hydroxyl groups excluding tert-OH is 1. The summed E-state index contributed by atoms with van der Waals surface area (Å²) in [5.74, 6) is -1.84. The van der Waals surface area contributed by atoms with Crippen LogP contribution in [0.15, 0.2) is 10.6 Å². The Morgan fingerprint density at radius 2 is 2.00 bits per heavy atom. The highest BCUT2D eigenvalue weighted by Gasteiger charge is 2.60. The first-order chi connectivity index (χ1) is 12.8. The van der Waals surface area contributed by atoms with E-state index in [0.29, 0.717) is 23.4 Å². The van der Waals surface area contributed by atoms with Crippen LogP contribution in [-0.4, -0.2) is 62.5 Å². The third kappa shape index (κ3) is 3.20. The van der Waals surface area contributed by atoms with Gasteiger partial charge in [0.15, 0.2) is 0 Å². The predicted octanol–water partition coefficient (Wildman–Crippen LogP) is 0.874. The van der Waals surface area contributed by atoms with Crippen molar-refractivity contribution >= 4 is 23.6 Å². The van der Waals surface area contributed by atoms with Crippen molar-refractivity contribution in [1.29, 1.82) is 0 Å². The number of carboxylic acid groups (broad SMARTS) is 1. The molecule has 6 atom stereocenters. The van der Waals surface area contributed by atoms with Crippen LogP contribution in [0.3, 0.4) is 0 Å². The number of carboxylic acids is 1. The first-order valence-electron chi connectivity index (χ1n) is 9.94. The highest BCUT2D eigenvalue weighted by atomic mass is 32.2. The number of carbonyl (C=O) groups excluding carboxylic acids is 1. The van der Waals surface area contributed by atoms with Crippen molar-refractivity contribution in [2.24, 2.45) is 17.6 Å². The second-order valence-electron chi connectivity index (χ2n) is 8.62. The van der Waals surface area contributed by atoms with Crippen LogP contribution >= 0.6 is 11.8 Å². The van der Waals surface area contributed by atoms with Gasteiger partial charge in [0.05, 0.1) is 18.1 Å². The van der Waals surface area contributed by atoms with Crippen LogP contribution in [0.5, 0.6) is 0 Å². The summed E-state index contributed by atoms with van der Waals surface area (Å²) in [6, 6.07) is 1.09. The number of nitrogens with two attached hydrogens (primary N) is 1. The molecule has 0 radical (unpaired) electrons. The summed E-state index contributed by atoms with van der Waals surface area (Å²) in [7, 11) is 0. The van der Waals surface area contributed by atoms with E-state index in [1.165, 1.54) is 4.90 Å². The first-order valence-corrected chi connectivity index (χ1v) is 10.8. The van der Waals surface area contributed by atoms with Crippen LogP contribution in [0, 0.1) is 11.8 Å². The maximum atomic E-state index is 12.4. The molecule has 3 fully saturated rings. The van der Waals surface area contributed by atoms with Crippen molar-refractivity contribution < 1.29 is 19.8 Å². The van der Waals surface area contributed by atoms with Gasteiger partial charge in [-0.1, -0.05) is 6.92 Å². The fourth-order valence-corrected chi connectivity index (χ4v) is 6.82. The molecule has 2 saturated carbocycles. The number of fused-ring (bicyclic) bond motifs is 1. The second kappa shape index (κ2) is 7.06. The van der Waals surface area contributed by atoms with Crippen molar-refractivity contribution in [3.63, 3.8) is 0 Å². The summed E-state index contributed by atoms with van der Waals surface area (Å²) in [6.45, 7) is 3.58. The van der Waals surface area contributed by atoms with Crippen molar-refractivity contribution in [3.8, 4) is 0 Å². The fraction of sp³-hybridized carbons (Fsp3) is 0.789. The van der Waals surface area contributed by atoms with E-state index in [1.54, 1.807) is 18.7 Å². The highest BCUT2D eigenvalue weighted by Crippen LogP contribution is 2.53. The zero-order chi connectivity index (χ0) is 19.5. The minimum absolute atomic E-state index is 0.0433. The Labute approximate surface area is 163 Å². The van der Waals surface area contributed by atoms with Crippen molar-refractivity contribution in [1.82, 2.24) is 10.2 Å². The Morgan fingerprint density at radius 1 is 1.30 bits per heavy atom. The van der Waals surface area contributed by atoms with Crippen molar-refractivity contribution in [2.45, 2.75) is 81.5 Å². The molecule has 1 saturated heterocycles. The van der Waals surface area contributed by atoms with Gasteiger partial charge in [-0.15, -0.1) is 11.8 Å². The molecule has 4 rings (SSSR count). The number of rotatable bonds is 6. The fourth-order valence-electron chi connectivity index (χ4n) is 5.16. The van der Waals surface area contributed by atoms with Crippen LogP contribution < -0.4 is 11.1 Å². The number of nitrogens with zero attached hydrogens (tertiary/aromatic N) is 1. The Balaban J connectivity index is 1.39. The number of aliphatic carboxylic acids is 1. The normalized spacial score (nSPS) is 42.0. The maximum absolute atomic E-state index is 12.4. The lowest BCUT2D eigenvalue weighted by atomic mass is 9.79. The monoisotopic (exact) mass is 395 g/mol. The Morgan fingerprint density at radius 3 is 2.56 bits per heavy atom. The van der Waals surface area contributed by atoms with Gasteiger partial charge in [0.2, 0.25) is 5.91 Å². The van der Waals surface area contributed by atoms with Gasteiger partial charge < -0.3 is 26.2 Å². The molecule has 0 aromatic rings. The summed E-state index contributed by atoms with van der Waals surface area (Å²) in [5, 5.41) is 23.7. The third-order valence-electron chi connectivity index (χ3n) is 6.64. The molecule has 150 valence electrons. The van der Waals surface area contributed by atoms with E-state index < -0.39 is 18.0 Å². The summed E-state index contributed by atoms with van der Waals surface area (Å²) >= 11 is 1.62. The van der Waals surface area contributed by atoms with Gasteiger partial charge in [-0.25, -0.2) is 4.79 Å². The molecule has 7 nitrogen and oxygen atoms in total. The van der Waals surface area contributed by atoms with Crippen LogP contribution in [0.25, 0.3) is 0 Å². The molecule has 0 aromatic heterocycles. The summed E-state index contributed by atoms with van der Waals surface area (Å²) in [5.41, 5.74) is 6.11. The molecule has 0 unspecified atom stereocenters. The van der Waals surface area contributed by atoms with Gasteiger partial charge in [-0.2, -0.15) is 0 Å². The van der Waals surface area contributed by atoms with E-state index in [1.807, 2.05) is 6.92 Å². The van der Waals surface area contributed by atoms with Gasteiger partial charge in [0.25, 0.3) is 0 Å². The minimum atomic E-state index is -1.04. The van der Waals surface area contributed by atoms with Gasteiger partial charge in [0, 0.05) is 34.2 Å². The molecular formula is C19H29N3O4S. The van der Waals surface area contributed by atoms with E-state index in [2.05, 4.69) is 5.32 Å². The van der Waals surface area contributed by atoms with E-state index in [9.17, 15) is 19.8 Å². The number of amides is 1. The molecule has 2 aliphatic heterocycles. The largest absolute Gasteiger partial charge is 0.477 e. The summed E-state index contributed by atoms with van der Waals surface area (Å²) in [4.78, 5) is 26.4. The van der Waals surface area contributed by atoms with E-state index in [-0.39, 0.29) is 23.6 Å². The number of nitrogens with one attached hydrogen (secondary N) is 1. The molecule has 27 heavy (non-hydrogen) atoms. The number of hydrogen-bond donors (Lipinski definition) is 4. The molecule has 1 amide bonds. The molecule has 0 bridgehead atoms. The molecule has 4 aliphatic rings. The van der Waals surface area contributed by atoms with Crippen molar-refractivity contribution in [2.75, 3.05) is 0 Å². The number of β-lactam (4-membered cyclic amide) rings is 1. The zero-order valence-corrected chi connectivity index (χ0v) is 16.6. The topological polar surface area (TPSA) is 116 Å². The molecule has 2 heterocycles.